The van der Waals surface area contributed by atoms with Crippen LogP contribution in [0.5, 0.6) is 5.75 Å². The summed E-state index contributed by atoms with van der Waals surface area (Å²) in [5, 5.41) is 3.25. The fourth-order valence-corrected chi connectivity index (χ4v) is 2.49. The quantitative estimate of drug-likeness (QED) is 0.615. The number of carbonyl (C=O) groups excluding carboxylic acids is 2. The van der Waals surface area contributed by atoms with E-state index in [9.17, 15) is 9.59 Å². The zero-order valence-corrected chi connectivity index (χ0v) is 13.4. The molecule has 1 aliphatic rings. The Hall–Kier alpha value is -1.79. The second kappa shape index (κ2) is 6.98. The number of ether oxygens (including phenoxy) is 2. The van der Waals surface area contributed by atoms with Gasteiger partial charge in [-0.1, -0.05) is 17.7 Å². The van der Waals surface area contributed by atoms with Gasteiger partial charge in [0.15, 0.2) is 0 Å². The molecular weight excluding hydrogens is 308 g/mol. The van der Waals surface area contributed by atoms with Crippen LogP contribution >= 0.6 is 11.6 Å². The molecule has 6 nitrogen and oxygen atoms in total. The highest BCUT2D eigenvalue weighted by molar-refractivity contribution is 6.30. The molecule has 0 radical (unpaired) electrons. The summed E-state index contributed by atoms with van der Waals surface area (Å²) < 4.78 is 10.5. The number of carbonyl (C=O) groups is 2. The molecule has 1 heterocycles. The van der Waals surface area contributed by atoms with Gasteiger partial charge in [0.25, 0.3) is 5.91 Å². The summed E-state index contributed by atoms with van der Waals surface area (Å²) in [4.78, 5) is 25.3. The van der Waals surface area contributed by atoms with Crippen LogP contribution in [0.2, 0.25) is 5.02 Å². The van der Waals surface area contributed by atoms with Crippen LogP contribution in [0.1, 0.15) is 13.3 Å². The molecule has 22 heavy (non-hydrogen) atoms. The van der Waals surface area contributed by atoms with E-state index in [4.69, 9.17) is 21.1 Å². The maximum Gasteiger partial charge on any atom is 0.325 e. The standard InChI is InChI=1S/C15H19ClN2O4/c1-15(10-21-2)13(19)18(14(20)17-15)7-4-8-22-12-6-3-5-11(16)9-12/h3,5-6,9H,4,7-8,10H2,1-2H3,(H,17,20)/t15-/m1/s1. The predicted octanol–water partition coefficient (Wildman–Crippen LogP) is 2.07. The van der Waals surface area contributed by atoms with E-state index in [-0.39, 0.29) is 12.5 Å². The molecule has 1 N–H and O–H groups in total. The number of amides is 3. The molecule has 0 spiro atoms. The van der Waals surface area contributed by atoms with Crippen LogP contribution in [-0.4, -0.2) is 49.2 Å². The maximum absolute atomic E-state index is 12.2. The van der Waals surface area contributed by atoms with E-state index >= 15 is 0 Å². The molecule has 1 aromatic carbocycles. The van der Waals surface area contributed by atoms with Crippen molar-refractivity contribution in [2.45, 2.75) is 18.9 Å². The minimum atomic E-state index is -0.986. The molecule has 1 saturated heterocycles. The minimum Gasteiger partial charge on any atom is -0.493 e. The van der Waals surface area contributed by atoms with Gasteiger partial charge in [-0.2, -0.15) is 0 Å². The third kappa shape index (κ3) is 3.69. The fourth-order valence-electron chi connectivity index (χ4n) is 2.31. The maximum atomic E-state index is 12.2. The summed E-state index contributed by atoms with van der Waals surface area (Å²) in [5.74, 6) is 0.385. The number of hydrogen-bond acceptors (Lipinski definition) is 4. The van der Waals surface area contributed by atoms with Gasteiger partial charge in [-0.15, -0.1) is 0 Å². The number of nitrogens with zero attached hydrogens (tertiary/aromatic N) is 1. The molecule has 7 heteroatoms. The number of benzene rings is 1. The number of urea groups is 1. The molecule has 0 bridgehead atoms. The van der Waals surface area contributed by atoms with Crippen molar-refractivity contribution in [3.8, 4) is 5.75 Å². The third-order valence-electron chi connectivity index (χ3n) is 3.37. The van der Waals surface area contributed by atoms with Crippen LogP contribution in [0.3, 0.4) is 0 Å². The second-order valence-corrected chi connectivity index (χ2v) is 5.75. The number of imide groups is 1. The molecule has 2 rings (SSSR count). The van der Waals surface area contributed by atoms with Crippen LogP contribution in [0, 0.1) is 0 Å². The van der Waals surface area contributed by atoms with Crippen molar-refractivity contribution >= 4 is 23.5 Å². The molecule has 120 valence electrons. The van der Waals surface area contributed by atoms with E-state index in [2.05, 4.69) is 5.32 Å². The van der Waals surface area contributed by atoms with Gasteiger partial charge in [-0.3, -0.25) is 9.69 Å². The molecular formula is C15H19ClN2O4. The lowest BCUT2D eigenvalue weighted by molar-refractivity contribution is -0.132. The highest BCUT2D eigenvalue weighted by Gasteiger charge is 2.47. The Morgan fingerprint density at radius 3 is 2.82 bits per heavy atom. The van der Waals surface area contributed by atoms with Gasteiger partial charge in [0.1, 0.15) is 11.3 Å². The summed E-state index contributed by atoms with van der Waals surface area (Å²) >= 11 is 5.86. The Morgan fingerprint density at radius 1 is 1.36 bits per heavy atom. The van der Waals surface area contributed by atoms with Crippen LogP contribution in [0.25, 0.3) is 0 Å². The van der Waals surface area contributed by atoms with E-state index in [0.29, 0.717) is 30.3 Å². The topological polar surface area (TPSA) is 67.9 Å². The van der Waals surface area contributed by atoms with E-state index in [0.717, 1.165) is 0 Å². The molecule has 0 saturated carbocycles. The highest BCUT2D eigenvalue weighted by Crippen LogP contribution is 2.19. The van der Waals surface area contributed by atoms with Crippen LogP contribution in [0.15, 0.2) is 24.3 Å². The first-order valence-electron chi connectivity index (χ1n) is 6.98. The lowest BCUT2D eigenvalue weighted by atomic mass is 10.0. The van der Waals surface area contributed by atoms with Crippen LogP contribution in [-0.2, 0) is 9.53 Å². The average molecular weight is 327 g/mol. The van der Waals surface area contributed by atoms with Crippen molar-refractivity contribution in [3.05, 3.63) is 29.3 Å². The summed E-state index contributed by atoms with van der Waals surface area (Å²) in [5.41, 5.74) is -0.986. The van der Waals surface area contributed by atoms with Crippen LogP contribution in [0.4, 0.5) is 4.79 Å². The zero-order valence-electron chi connectivity index (χ0n) is 12.6. The Labute approximate surface area is 134 Å². The summed E-state index contributed by atoms with van der Waals surface area (Å²) in [6.45, 7) is 2.48. The predicted molar refractivity (Wildman–Crippen MR) is 82.1 cm³/mol. The molecule has 1 atom stereocenters. The fraction of sp³-hybridized carbons (Fsp3) is 0.467. The summed E-state index contributed by atoms with van der Waals surface area (Å²) in [6, 6.07) is 6.68. The van der Waals surface area contributed by atoms with Crippen molar-refractivity contribution in [3.63, 3.8) is 0 Å². The van der Waals surface area contributed by atoms with E-state index in [1.807, 2.05) is 0 Å². The van der Waals surface area contributed by atoms with Crippen molar-refractivity contribution in [2.24, 2.45) is 0 Å². The number of halogens is 1. The molecule has 3 amide bonds. The molecule has 0 aliphatic carbocycles. The number of hydrogen-bond donors (Lipinski definition) is 1. The minimum absolute atomic E-state index is 0.146. The Kier molecular flexibility index (Phi) is 5.26. The average Bonchev–Trinajstić information content (AvgIpc) is 2.66. The first kappa shape index (κ1) is 16.6. The van der Waals surface area contributed by atoms with Gasteiger partial charge in [0.05, 0.1) is 13.2 Å². The van der Waals surface area contributed by atoms with E-state index in [1.54, 1.807) is 31.2 Å². The Bertz CT molecular complexity index is 566. The molecule has 1 fully saturated rings. The summed E-state index contributed by atoms with van der Waals surface area (Å²) in [6.07, 6.45) is 0.536. The Balaban J connectivity index is 1.82. The van der Waals surface area contributed by atoms with Gasteiger partial charge in [0.2, 0.25) is 0 Å². The second-order valence-electron chi connectivity index (χ2n) is 5.31. The van der Waals surface area contributed by atoms with Gasteiger partial charge in [-0.25, -0.2) is 4.79 Å². The molecule has 1 aliphatic heterocycles. The monoisotopic (exact) mass is 326 g/mol. The van der Waals surface area contributed by atoms with Crippen molar-refractivity contribution < 1.29 is 19.1 Å². The number of nitrogens with one attached hydrogen (secondary N) is 1. The van der Waals surface area contributed by atoms with E-state index in [1.165, 1.54) is 12.0 Å². The van der Waals surface area contributed by atoms with Crippen molar-refractivity contribution in [1.29, 1.82) is 0 Å². The summed E-state index contributed by atoms with van der Waals surface area (Å²) in [7, 11) is 1.49. The lowest BCUT2D eigenvalue weighted by Crippen LogP contribution is -2.48. The molecule has 1 aromatic rings. The first-order valence-corrected chi connectivity index (χ1v) is 7.35. The lowest BCUT2D eigenvalue weighted by Gasteiger charge is -2.20. The van der Waals surface area contributed by atoms with Crippen molar-refractivity contribution in [1.82, 2.24) is 10.2 Å². The highest BCUT2D eigenvalue weighted by atomic mass is 35.5. The third-order valence-corrected chi connectivity index (χ3v) is 3.60. The van der Waals surface area contributed by atoms with E-state index < -0.39 is 11.6 Å². The number of rotatable bonds is 7. The Morgan fingerprint density at radius 2 is 2.14 bits per heavy atom. The SMILES string of the molecule is COC[C@@]1(C)NC(=O)N(CCCOc2cccc(Cl)c2)C1=O. The van der Waals surface area contributed by atoms with Gasteiger partial charge >= 0.3 is 6.03 Å². The zero-order chi connectivity index (χ0) is 16.2. The molecule has 0 unspecified atom stereocenters. The smallest absolute Gasteiger partial charge is 0.325 e. The first-order chi connectivity index (χ1) is 10.5. The normalized spacial score (nSPS) is 21.1. The largest absolute Gasteiger partial charge is 0.493 e. The van der Waals surface area contributed by atoms with Gasteiger partial charge in [0, 0.05) is 18.7 Å². The van der Waals surface area contributed by atoms with Crippen molar-refractivity contribution in [2.75, 3.05) is 26.9 Å². The number of methoxy groups -OCH3 is 1. The van der Waals surface area contributed by atoms with Gasteiger partial charge < -0.3 is 14.8 Å². The van der Waals surface area contributed by atoms with Crippen LogP contribution < -0.4 is 10.1 Å². The van der Waals surface area contributed by atoms with Gasteiger partial charge in [-0.05, 0) is 31.5 Å². The molecule has 0 aromatic heterocycles.